The first-order valence-corrected chi connectivity index (χ1v) is 7.95. The number of likely N-dealkylation sites (tertiary alicyclic amines) is 1. The van der Waals surface area contributed by atoms with Gasteiger partial charge in [0.05, 0.1) is 18.8 Å². The number of carbonyl (C=O) groups excluding carboxylic acids is 1. The summed E-state index contributed by atoms with van der Waals surface area (Å²) in [7, 11) is 2.08. The molecule has 5 nitrogen and oxygen atoms in total. The Morgan fingerprint density at radius 2 is 2.27 bits per heavy atom. The number of fused-ring (bicyclic) bond motifs is 1. The molecule has 120 valence electrons. The lowest BCUT2D eigenvalue weighted by molar-refractivity contribution is -0.137. The maximum atomic E-state index is 12.6. The lowest BCUT2D eigenvalue weighted by atomic mass is 10.1. The van der Waals surface area contributed by atoms with Crippen molar-refractivity contribution in [1.82, 2.24) is 9.80 Å². The Morgan fingerprint density at radius 1 is 1.45 bits per heavy atom. The van der Waals surface area contributed by atoms with Crippen LogP contribution >= 0.6 is 11.6 Å². The molecular formula is C16H21ClN2O3. The lowest BCUT2D eigenvalue weighted by Gasteiger charge is -2.33. The minimum atomic E-state index is -0.538. The van der Waals surface area contributed by atoms with E-state index in [2.05, 4.69) is 11.9 Å². The molecule has 2 heterocycles. The highest BCUT2D eigenvalue weighted by atomic mass is 35.5. The van der Waals surface area contributed by atoms with Crippen molar-refractivity contribution in [1.29, 1.82) is 0 Å². The minimum absolute atomic E-state index is 0.00799. The van der Waals surface area contributed by atoms with Gasteiger partial charge in [-0.25, -0.2) is 0 Å². The number of hydrogen-bond acceptors (Lipinski definition) is 4. The van der Waals surface area contributed by atoms with Crippen LogP contribution in [0.4, 0.5) is 0 Å². The smallest absolute Gasteiger partial charge is 0.263 e. The molecule has 0 unspecified atom stereocenters. The van der Waals surface area contributed by atoms with Gasteiger partial charge < -0.3 is 14.4 Å². The first-order chi connectivity index (χ1) is 10.5. The van der Waals surface area contributed by atoms with Crippen molar-refractivity contribution in [3.63, 3.8) is 0 Å². The van der Waals surface area contributed by atoms with Crippen LogP contribution in [0.15, 0.2) is 24.3 Å². The number of benzene rings is 1. The van der Waals surface area contributed by atoms with Crippen molar-refractivity contribution in [2.24, 2.45) is 0 Å². The van der Waals surface area contributed by atoms with E-state index in [1.807, 2.05) is 11.0 Å². The normalized spacial score (nSPS) is 26.6. The van der Waals surface area contributed by atoms with Gasteiger partial charge in [0.2, 0.25) is 0 Å². The highest BCUT2D eigenvalue weighted by Crippen LogP contribution is 2.23. The summed E-state index contributed by atoms with van der Waals surface area (Å²) in [6, 6.07) is 7.39. The van der Waals surface area contributed by atoms with E-state index in [1.165, 1.54) is 0 Å². The molecule has 6 heteroatoms. The fourth-order valence-electron chi connectivity index (χ4n) is 3.09. The molecule has 0 bridgehead atoms. The van der Waals surface area contributed by atoms with E-state index in [1.54, 1.807) is 25.1 Å². The Balaban J connectivity index is 1.61. The topological polar surface area (TPSA) is 42.0 Å². The number of morpholine rings is 1. The quantitative estimate of drug-likeness (QED) is 0.848. The van der Waals surface area contributed by atoms with Gasteiger partial charge in [-0.2, -0.15) is 0 Å². The number of hydrogen-bond donors (Lipinski definition) is 0. The second-order valence-electron chi connectivity index (χ2n) is 5.92. The summed E-state index contributed by atoms with van der Waals surface area (Å²) in [6.45, 7) is 4.75. The van der Waals surface area contributed by atoms with Crippen LogP contribution in [-0.4, -0.2) is 67.2 Å². The number of nitrogens with zero attached hydrogens (tertiary/aromatic N) is 2. The molecule has 2 saturated heterocycles. The average molecular weight is 325 g/mol. The van der Waals surface area contributed by atoms with Crippen LogP contribution in [0, 0.1) is 0 Å². The molecule has 1 aromatic carbocycles. The third-order valence-corrected chi connectivity index (χ3v) is 4.58. The summed E-state index contributed by atoms with van der Waals surface area (Å²) < 4.78 is 11.5. The van der Waals surface area contributed by atoms with E-state index >= 15 is 0 Å². The maximum Gasteiger partial charge on any atom is 0.263 e. The maximum absolute atomic E-state index is 12.6. The van der Waals surface area contributed by atoms with Crippen molar-refractivity contribution in [2.45, 2.75) is 25.2 Å². The predicted octanol–water partition coefficient (Wildman–Crippen LogP) is 1.65. The molecule has 0 N–H and O–H groups in total. The van der Waals surface area contributed by atoms with Crippen LogP contribution in [0.3, 0.4) is 0 Å². The molecule has 3 rings (SSSR count). The van der Waals surface area contributed by atoms with E-state index in [9.17, 15) is 4.79 Å². The molecule has 0 aromatic heterocycles. The third-order valence-electron chi connectivity index (χ3n) is 4.35. The number of amides is 1. The Hall–Kier alpha value is -1.30. The second-order valence-corrected chi connectivity index (χ2v) is 6.35. The van der Waals surface area contributed by atoms with Crippen molar-refractivity contribution in [3.8, 4) is 5.75 Å². The zero-order valence-electron chi connectivity index (χ0n) is 12.9. The summed E-state index contributed by atoms with van der Waals surface area (Å²) in [5.74, 6) is 0.602. The highest BCUT2D eigenvalue weighted by Gasteiger charge is 2.41. The number of ether oxygens (including phenoxy) is 2. The number of halogens is 1. The van der Waals surface area contributed by atoms with Gasteiger partial charge in [0.15, 0.2) is 6.10 Å². The summed E-state index contributed by atoms with van der Waals surface area (Å²) in [6.07, 6.45) is -0.426. The van der Waals surface area contributed by atoms with Gasteiger partial charge in [0, 0.05) is 24.7 Å². The van der Waals surface area contributed by atoms with E-state index in [4.69, 9.17) is 21.1 Å². The van der Waals surface area contributed by atoms with E-state index < -0.39 is 6.10 Å². The molecule has 0 aliphatic carbocycles. The molecule has 2 aliphatic rings. The summed E-state index contributed by atoms with van der Waals surface area (Å²) >= 11 is 5.94. The Kier molecular flexibility index (Phi) is 4.57. The highest BCUT2D eigenvalue weighted by molar-refractivity contribution is 6.30. The van der Waals surface area contributed by atoms with Gasteiger partial charge in [-0.15, -0.1) is 0 Å². The predicted molar refractivity (Wildman–Crippen MR) is 84.3 cm³/mol. The molecule has 1 aromatic rings. The second kappa shape index (κ2) is 6.44. The molecule has 22 heavy (non-hydrogen) atoms. The van der Waals surface area contributed by atoms with Gasteiger partial charge in [0.1, 0.15) is 5.75 Å². The van der Waals surface area contributed by atoms with Crippen molar-refractivity contribution >= 4 is 17.5 Å². The van der Waals surface area contributed by atoms with Crippen LogP contribution in [-0.2, 0) is 9.53 Å². The molecule has 2 fully saturated rings. The van der Waals surface area contributed by atoms with Crippen molar-refractivity contribution < 1.29 is 14.3 Å². The number of carbonyl (C=O) groups is 1. The van der Waals surface area contributed by atoms with E-state index in [-0.39, 0.29) is 18.1 Å². The Labute approximate surface area is 135 Å². The summed E-state index contributed by atoms with van der Waals surface area (Å²) in [5.41, 5.74) is 0. The van der Waals surface area contributed by atoms with Crippen LogP contribution in [0.25, 0.3) is 0 Å². The van der Waals surface area contributed by atoms with Crippen LogP contribution in [0.5, 0.6) is 5.75 Å². The summed E-state index contributed by atoms with van der Waals surface area (Å²) in [4.78, 5) is 16.7. The van der Waals surface area contributed by atoms with Crippen molar-refractivity contribution in [3.05, 3.63) is 29.3 Å². The molecule has 3 atom stereocenters. The first-order valence-electron chi connectivity index (χ1n) is 7.57. The van der Waals surface area contributed by atoms with E-state index in [0.29, 0.717) is 23.9 Å². The molecular weight excluding hydrogens is 304 g/mol. The van der Waals surface area contributed by atoms with Gasteiger partial charge in [-0.1, -0.05) is 17.7 Å². The number of rotatable bonds is 3. The first kappa shape index (κ1) is 15.6. The zero-order chi connectivity index (χ0) is 15.7. The molecule has 0 saturated carbocycles. The summed E-state index contributed by atoms with van der Waals surface area (Å²) in [5, 5.41) is 0.597. The van der Waals surface area contributed by atoms with Crippen molar-refractivity contribution in [2.75, 3.05) is 33.3 Å². The standard InChI is InChI=1S/C16H21ClN2O3/c1-11(22-13-5-3-4-12(17)8-13)16(20)19-9-14-15(10-19)21-7-6-18(14)2/h3-5,8,11,14-15H,6-7,9-10H2,1-2H3/t11-,14+,15-/m0/s1. The minimum Gasteiger partial charge on any atom is -0.481 e. The van der Waals surface area contributed by atoms with E-state index in [0.717, 1.165) is 13.2 Å². The molecule has 0 radical (unpaired) electrons. The van der Waals surface area contributed by atoms with Gasteiger partial charge in [0.25, 0.3) is 5.91 Å². The van der Waals surface area contributed by atoms with Crippen LogP contribution in [0.2, 0.25) is 5.02 Å². The monoisotopic (exact) mass is 324 g/mol. The van der Waals surface area contributed by atoms with Crippen LogP contribution < -0.4 is 4.74 Å². The van der Waals surface area contributed by atoms with Gasteiger partial charge in [-0.3, -0.25) is 9.69 Å². The lowest BCUT2D eigenvalue weighted by Crippen LogP contribution is -2.48. The number of likely N-dealkylation sites (N-methyl/N-ethyl adjacent to an activating group) is 1. The third kappa shape index (κ3) is 3.21. The van der Waals surface area contributed by atoms with Gasteiger partial charge >= 0.3 is 0 Å². The molecule has 1 amide bonds. The zero-order valence-corrected chi connectivity index (χ0v) is 13.6. The van der Waals surface area contributed by atoms with Gasteiger partial charge in [-0.05, 0) is 32.2 Å². The molecule has 0 spiro atoms. The Morgan fingerprint density at radius 3 is 3.00 bits per heavy atom. The van der Waals surface area contributed by atoms with Crippen LogP contribution in [0.1, 0.15) is 6.92 Å². The fourth-order valence-corrected chi connectivity index (χ4v) is 3.27. The SMILES string of the molecule is C[C@H](Oc1cccc(Cl)c1)C(=O)N1C[C@@H]2OCCN(C)[C@@H]2C1. The molecule has 2 aliphatic heterocycles. The fraction of sp³-hybridized carbons (Fsp3) is 0.562. The Bertz CT molecular complexity index is 554. The largest absolute Gasteiger partial charge is 0.481 e. The average Bonchev–Trinajstić information content (AvgIpc) is 2.92.